The van der Waals surface area contributed by atoms with E-state index in [-0.39, 0.29) is 24.3 Å². The van der Waals surface area contributed by atoms with Gasteiger partial charge in [0.15, 0.2) is 0 Å². The van der Waals surface area contributed by atoms with E-state index in [1.807, 2.05) is 0 Å². The Morgan fingerprint density at radius 2 is 0.935 bits per heavy atom. The van der Waals surface area contributed by atoms with Crippen LogP contribution in [0, 0.1) is 0 Å². The van der Waals surface area contributed by atoms with E-state index in [1.165, 1.54) is 26.6 Å². The van der Waals surface area contributed by atoms with E-state index in [4.69, 9.17) is 18.9 Å². The summed E-state index contributed by atoms with van der Waals surface area (Å²) in [7, 11) is 3.06. The zero-order valence-electron chi connectivity index (χ0n) is 25.0. The lowest BCUT2D eigenvalue weighted by molar-refractivity contribution is -0.126. The average molecular weight is 623 g/mol. The first-order valence-corrected chi connectivity index (χ1v) is 13.9. The van der Waals surface area contributed by atoms with E-state index < -0.39 is 23.8 Å². The van der Waals surface area contributed by atoms with Gasteiger partial charge in [0.25, 0.3) is 0 Å². The minimum absolute atomic E-state index is 0.164. The van der Waals surface area contributed by atoms with Crippen molar-refractivity contribution >= 4 is 36.2 Å². The van der Waals surface area contributed by atoms with Crippen LogP contribution in [0.2, 0.25) is 0 Å². The molecule has 0 saturated heterocycles. The summed E-state index contributed by atoms with van der Waals surface area (Å²) >= 11 is 0. The van der Waals surface area contributed by atoms with Crippen LogP contribution in [0.3, 0.4) is 0 Å². The zero-order chi connectivity index (χ0) is 32.7. The molecule has 0 saturated carbocycles. The minimum atomic E-state index is -0.570. The molecule has 0 fully saturated rings. The molecule has 0 radical (unpaired) electrons. The highest BCUT2D eigenvalue weighted by molar-refractivity contribution is 5.94. The van der Waals surface area contributed by atoms with Crippen molar-refractivity contribution in [3.8, 4) is 23.0 Å². The SMILES string of the molecule is COc1ccc(C(=O)Oc2ccccc2/C=N\NC(=O)CCC(=O)N/N=C/c2ccccc2OC(=O)c2ccc(OC)cc2)cc1. The first kappa shape index (κ1) is 32.6. The Kier molecular flexibility index (Phi) is 11.7. The summed E-state index contributed by atoms with van der Waals surface area (Å²) in [6.45, 7) is 0. The summed E-state index contributed by atoms with van der Waals surface area (Å²) in [6.07, 6.45) is 2.33. The number of hydrogen-bond donors (Lipinski definition) is 2. The lowest BCUT2D eigenvalue weighted by Gasteiger charge is -2.08. The number of esters is 2. The number of nitrogens with one attached hydrogen (secondary N) is 2. The van der Waals surface area contributed by atoms with Gasteiger partial charge in [0.2, 0.25) is 11.8 Å². The number of amides is 2. The first-order valence-electron chi connectivity index (χ1n) is 13.9. The van der Waals surface area contributed by atoms with E-state index in [1.54, 1.807) is 97.1 Å². The number of methoxy groups -OCH3 is 2. The van der Waals surface area contributed by atoms with Gasteiger partial charge < -0.3 is 18.9 Å². The molecule has 4 aromatic rings. The smallest absolute Gasteiger partial charge is 0.343 e. The number of carbonyl (C=O) groups excluding carboxylic acids is 4. The molecule has 0 heterocycles. The Balaban J connectivity index is 1.23. The van der Waals surface area contributed by atoms with E-state index in [2.05, 4.69) is 21.1 Å². The summed E-state index contributed by atoms with van der Waals surface area (Å²) in [6, 6.07) is 26.3. The van der Waals surface area contributed by atoms with Crippen LogP contribution in [0.15, 0.2) is 107 Å². The molecule has 4 rings (SSSR count). The number of ether oxygens (including phenoxy) is 4. The summed E-state index contributed by atoms with van der Waals surface area (Å²) in [5.74, 6) is -0.461. The fourth-order valence-corrected chi connectivity index (χ4v) is 3.82. The van der Waals surface area contributed by atoms with Gasteiger partial charge in [-0.25, -0.2) is 20.4 Å². The molecule has 2 N–H and O–H groups in total. The third-order valence-electron chi connectivity index (χ3n) is 6.26. The van der Waals surface area contributed by atoms with Crippen molar-refractivity contribution in [2.45, 2.75) is 12.8 Å². The molecule has 46 heavy (non-hydrogen) atoms. The number of rotatable bonds is 13. The second-order valence-electron chi connectivity index (χ2n) is 9.40. The van der Waals surface area contributed by atoms with Crippen molar-refractivity contribution in [2.24, 2.45) is 10.2 Å². The zero-order valence-corrected chi connectivity index (χ0v) is 25.0. The number of carbonyl (C=O) groups is 4. The molecule has 0 atom stereocenters. The first-order chi connectivity index (χ1) is 22.4. The summed E-state index contributed by atoms with van der Waals surface area (Å²) in [5, 5.41) is 7.81. The number of para-hydroxylation sites is 2. The molecule has 0 aliphatic rings. The molecule has 0 unspecified atom stereocenters. The maximum atomic E-state index is 12.5. The Bertz CT molecular complexity index is 1610. The lowest BCUT2D eigenvalue weighted by Crippen LogP contribution is -2.23. The van der Waals surface area contributed by atoms with E-state index >= 15 is 0 Å². The number of hydrogen-bond acceptors (Lipinski definition) is 10. The van der Waals surface area contributed by atoms with E-state index in [0.717, 1.165) is 0 Å². The van der Waals surface area contributed by atoms with Crippen molar-refractivity contribution in [2.75, 3.05) is 14.2 Å². The molecule has 12 heteroatoms. The minimum Gasteiger partial charge on any atom is -0.497 e. The summed E-state index contributed by atoms with van der Waals surface area (Å²) in [5.41, 5.74) is 6.25. The predicted molar refractivity (Wildman–Crippen MR) is 169 cm³/mol. The predicted octanol–water partition coefficient (Wildman–Crippen LogP) is 4.52. The molecule has 4 aromatic carbocycles. The largest absolute Gasteiger partial charge is 0.497 e. The van der Waals surface area contributed by atoms with Crippen molar-refractivity contribution in [1.29, 1.82) is 0 Å². The summed E-state index contributed by atoms with van der Waals surface area (Å²) < 4.78 is 21.2. The Morgan fingerprint density at radius 1 is 0.565 bits per heavy atom. The molecule has 12 nitrogen and oxygen atoms in total. The van der Waals surface area contributed by atoms with Crippen LogP contribution < -0.4 is 29.8 Å². The molecule has 2 amide bonds. The molecule has 0 aliphatic carbocycles. The molecule has 234 valence electrons. The number of nitrogens with zero attached hydrogens (tertiary/aromatic N) is 2. The van der Waals surface area contributed by atoms with Gasteiger partial charge in [-0.3, -0.25) is 9.59 Å². The normalized spacial score (nSPS) is 10.7. The Morgan fingerprint density at radius 3 is 1.30 bits per heavy atom. The van der Waals surface area contributed by atoms with Crippen molar-refractivity contribution < 1.29 is 38.1 Å². The van der Waals surface area contributed by atoms with Crippen LogP contribution in [0.25, 0.3) is 0 Å². The van der Waals surface area contributed by atoms with Gasteiger partial charge in [-0.05, 0) is 72.8 Å². The van der Waals surface area contributed by atoms with Gasteiger partial charge in [0, 0.05) is 24.0 Å². The van der Waals surface area contributed by atoms with Crippen LogP contribution >= 0.6 is 0 Å². The molecule has 0 bridgehead atoms. The molecule has 0 aromatic heterocycles. The highest BCUT2D eigenvalue weighted by Crippen LogP contribution is 2.20. The van der Waals surface area contributed by atoms with Crippen molar-refractivity contribution in [1.82, 2.24) is 10.9 Å². The fraction of sp³-hybridized carbons (Fsp3) is 0.118. The molecular formula is C34H30N4O8. The second-order valence-corrected chi connectivity index (χ2v) is 9.40. The lowest BCUT2D eigenvalue weighted by atomic mass is 10.2. The van der Waals surface area contributed by atoms with Gasteiger partial charge in [0.1, 0.15) is 23.0 Å². The van der Waals surface area contributed by atoms with Gasteiger partial charge >= 0.3 is 11.9 Å². The molecule has 0 aliphatic heterocycles. The highest BCUT2D eigenvalue weighted by Gasteiger charge is 2.13. The topological polar surface area (TPSA) is 154 Å². The maximum Gasteiger partial charge on any atom is 0.343 e. The third kappa shape index (κ3) is 9.61. The number of hydrazone groups is 2. The average Bonchev–Trinajstić information content (AvgIpc) is 3.09. The van der Waals surface area contributed by atoms with Crippen molar-refractivity contribution in [3.05, 3.63) is 119 Å². The van der Waals surface area contributed by atoms with Gasteiger partial charge in [-0.15, -0.1) is 0 Å². The van der Waals surface area contributed by atoms with Gasteiger partial charge in [-0.1, -0.05) is 24.3 Å². The Hall–Kier alpha value is -6.30. The molecule has 0 spiro atoms. The van der Waals surface area contributed by atoms with Crippen LogP contribution in [0.5, 0.6) is 23.0 Å². The Labute approximate surface area is 264 Å². The monoisotopic (exact) mass is 622 g/mol. The van der Waals surface area contributed by atoms with Gasteiger partial charge in [-0.2, -0.15) is 10.2 Å². The molecular weight excluding hydrogens is 592 g/mol. The van der Waals surface area contributed by atoms with Crippen LogP contribution in [-0.4, -0.2) is 50.4 Å². The second kappa shape index (κ2) is 16.5. The number of benzene rings is 4. The van der Waals surface area contributed by atoms with Crippen molar-refractivity contribution in [3.63, 3.8) is 0 Å². The van der Waals surface area contributed by atoms with Crippen LogP contribution in [0.4, 0.5) is 0 Å². The van der Waals surface area contributed by atoms with Crippen LogP contribution in [-0.2, 0) is 9.59 Å². The quantitative estimate of drug-likeness (QED) is 0.0955. The van der Waals surface area contributed by atoms with Crippen LogP contribution in [0.1, 0.15) is 44.7 Å². The third-order valence-corrected chi connectivity index (χ3v) is 6.26. The fourth-order valence-electron chi connectivity index (χ4n) is 3.82. The maximum absolute atomic E-state index is 12.5. The highest BCUT2D eigenvalue weighted by atomic mass is 16.5. The van der Waals surface area contributed by atoms with Gasteiger partial charge in [0.05, 0.1) is 37.8 Å². The standard InChI is InChI=1S/C34H30N4O8/c1-43-27-15-11-23(12-16-27)33(41)45-29-9-5-3-7-25(29)21-35-37-31(39)19-20-32(40)38-36-22-26-8-4-6-10-30(26)46-34(42)24-13-17-28(44-2)18-14-24/h3-18,21-22H,19-20H2,1-2H3,(H,37,39)(H,38,40)/b35-21-,36-22+. The van der Waals surface area contributed by atoms with E-state index in [9.17, 15) is 19.2 Å². The summed E-state index contributed by atoms with van der Waals surface area (Å²) in [4.78, 5) is 49.5. The van der Waals surface area contributed by atoms with E-state index in [0.29, 0.717) is 33.8 Å².